The van der Waals surface area contributed by atoms with Gasteiger partial charge in [0.15, 0.2) is 5.82 Å². The van der Waals surface area contributed by atoms with Crippen LogP contribution in [0.5, 0.6) is 0 Å². The van der Waals surface area contributed by atoms with E-state index in [1.807, 2.05) is 0 Å². The maximum absolute atomic E-state index is 14.6. The summed E-state index contributed by atoms with van der Waals surface area (Å²) < 4.78 is 69.9. The van der Waals surface area contributed by atoms with Gasteiger partial charge in [-0.05, 0) is 37.3 Å². The molecule has 4 aromatic rings. The van der Waals surface area contributed by atoms with Gasteiger partial charge in [-0.1, -0.05) is 6.07 Å². The molecule has 2 heterocycles. The van der Waals surface area contributed by atoms with Gasteiger partial charge in [0.05, 0.1) is 16.8 Å². The van der Waals surface area contributed by atoms with Crippen LogP contribution in [0.1, 0.15) is 18.1 Å². The molecule has 0 radical (unpaired) electrons. The van der Waals surface area contributed by atoms with Crippen molar-refractivity contribution >= 4 is 34.4 Å². The molecular formula is C22H15F5N8O. The SMILES string of the molecule is CCN(c1nc(N)nc(N)c1C#N)c1nc2cccc(F)c2c(=O)n1-c1cc(F)cc(C(F)(F)F)c1. The van der Waals surface area contributed by atoms with Crippen LogP contribution < -0.4 is 21.9 Å². The van der Waals surface area contributed by atoms with Crippen molar-refractivity contribution < 1.29 is 22.0 Å². The van der Waals surface area contributed by atoms with Gasteiger partial charge in [0.25, 0.3) is 5.56 Å². The Morgan fingerprint density at radius 1 is 1.11 bits per heavy atom. The second-order valence-corrected chi connectivity index (χ2v) is 7.40. The van der Waals surface area contributed by atoms with Crippen LogP contribution in [0.2, 0.25) is 0 Å². The summed E-state index contributed by atoms with van der Waals surface area (Å²) >= 11 is 0. The smallest absolute Gasteiger partial charge is 0.382 e. The molecule has 0 amide bonds. The minimum Gasteiger partial charge on any atom is -0.382 e. The summed E-state index contributed by atoms with van der Waals surface area (Å²) in [6, 6.07) is 6.79. The highest BCUT2D eigenvalue weighted by atomic mass is 19.4. The Morgan fingerprint density at radius 3 is 2.47 bits per heavy atom. The minimum absolute atomic E-state index is 0.0702. The summed E-state index contributed by atoms with van der Waals surface area (Å²) in [4.78, 5) is 26.6. The molecule has 9 nitrogen and oxygen atoms in total. The van der Waals surface area contributed by atoms with Crippen molar-refractivity contribution in [3.8, 4) is 11.8 Å². The van der Waals surface area contributed by atoms with E-state index in [-0.39, 0.29) is 41.3 Å². The van der Waals surface area contributed by atoms with Crippen molar-refractivity contribution in [2.24, 2.45) is 0 Å². The maximum atomic E-state index is 14.6. The molecule has 4 N–H and O–H groups in total. The molecule has 36 heavy (non-hydrogen) atoms. The fourth-order valence-electron chi connectivity index (χ4n) is 3.63. The fourth-order valence-corrected chi connectivity index (χ4v) is 3.63. The van der Waals surface area contributed by atoms with Crippen LogP contribution in [0.25, 0.3) is 16.6 Å². The fraction of sp³-hybridized carbons (Fsp3) is 0.136. The molecule has 0 spiro atoms. The summed E-state index contributed by atoms with van der Waals surface area (Å²) in [7, 11) is 0. The molecule has 14 heteroatoms. The molecule has 2 aromatic heterocycles. The second kappa shape index (κ2) is 8.77. The topological polar surface area (TPSA) is 140 Å². The molecule has 0 fully saturated rings. The third-order valence-corrected chi connectivity index (χ3v) is 5.16. The van der Waals surface area contributed by atoms with Crippen molar-refractivity contribution in [1.82, 2.24) is 19.5 Å². The quantitative estimate of drug-likeness (QED) is 0.403. The van der Waals surface area contributed by atoms with E-state index in [2.05, 4.69) is 15.0 Å². The highest BCUT2D eigenvalue weighted by Crippen LogP contribution is 2.34. The van der Waals surface area contributed by atoms with E-state index in [1.165, 1.54) is 12.1 Å². The molecule has 0 saturated heterocycles. The predicted octanol–water partition coefficient (Wildman–Crippen LogP) is 3.67. The third-order valence-electron chi connectivity index (χ3n) is 5.16. The number of benzene rings is 2. The predicted molar refractivity (Wildman–Crippen MR) is 121 cm³/mol. The van der Waals surface area contributed by atoms with Crippen molar-refractivity contribution in [1.29, 1.82) is 5.26 Å². The zero-order valence-corrected chi connectivity index (χ0v) is 18.3. The molecular weight excluding hydrogens is 487 g/mol. The largest absolute Gasteiger partial charge is 0.416 e. The second-order valence-electron chi connectivity index (χ2n) is 7.40. The Morgan fingerprint density at radius 2 is 1.83 bits per heavy atom. The number of aromatic nitrogens is 4. The molecule has 0 saturated carbocycles. The van der Waals surface area contributed by atoms with Gasteiger partial charge in [-0.3, -0.25) is 9.69 Å². The Labute approximate surface area is 199 Å². The summed E-state index contributed by atoms with van der Waals surface area (Å²) in [6.45, 7) is 1.48. The van der Waals surface area contributed by atoms with Gasteiger partial charge in [0, 0.05) is 6.54 Å². The van der Waals surface area contributed by atoms with Gasteiger partial charge in [0.1, 0.15) is 34.5 Å². The van der Waals surface area contributed by atoms with Crippen LogP contribution in [0.4, 0.5) is 45.5 Å². The van der Waals surface area contributed by atoms with Gasteiger partial charge in [-0.2, -0.15) is 28.4 Å². The highest BCUT2D eigenvalue weighted by Gasteiger charge is 2.32. The highest BCUT2D eigenvalue weighted by molar-refractivity contribution is 5.81. The van der Waals surface area contributed by atoms with Crippen molar-refractivity contribution in [2.75, 3.05) is 22.9 Å². The molecule has 0 bridgehead atoms. The zero-order chi connectivity index (χ0) is 26.4. The van der Waals surface area contributed by atoms with E-state index in [1.54, 1.807) is 13.0 Å². The lowest BCUT2D eigenvalue weighted by atomic mass is 10.1. The van der Waals surface area contributed by atoms with Crippen molar-refractivity contribution in [3.05, 3.63) is 69.5 Å². The molecule has 0 aliphatic rings. The van der Waals surface area contributed by atoms with E-state index < -0.39 is 46.0 Å². The zero-order valence-electron chi connectivity index (χ0n) is 18.3. The van der Waals surface area contributed by atoms with E-state index in [9.17, 15) is 32.0 Å². The number of alkyl halides is 3. The van der Waals surface area contributed by atoms with Crippen molar-refractivity contribution in [3.63, 3.8) is 0 Å². The van der Waals surface area contributed by atoms with Crippen LogP contribution >= 0.6 is 0 Å². The number of rotatable bonds is 4. The first-order valence-corrected chi connectivity index (χ1v) is 10.2. The standard InChI is InChI=1S/C22H15F5N8O/c1-2-34(18-13(9-28)17(29)32-20(30)33-18)21-31-15-5-3-4-14(24)16(15)19(36)35(21)12-7-10(22(25,26)27)6-11(23)8-12/h3-8H,2H2,1H3,(H4,29,30,32,33). The number of fused-ring (bicyclic) bond motifs is 1. The van der Waals surface area contributed by atoms with Crippen LogP contribution in [0.3, 0.4) is 0 Å². The number of halogens is 5. The number of anilines is 4. The Balaban J connectivity index is 2.16. The molecule has 0 aliphatic carbocycles. The lowest BCUT2D eigenvalue weighted by Gasteiger charge is -2.26. The lowest BCUT2D eigenvalue weighted by molar-refractivity contribution is -0.137. The third kappa shape index (κ3) is 4.11. The summed E-state index contributed by atoms with van der Waals surface area (Å²) in [5.41, 5.74) is 7.95. The maximum Gasteiger partial charge on any atom is 0.416 e. The van der Waals surface area contributed by atoms with Crippen LogP contribution in [-0.2, 0) is 6.18 Å². The lowest BCUT2D eigenvalue weighted by Crippen LogP contribution is -2.31. The first-order chi connectivity index (χ1) is 17.0. The monoisotopic (exact) mass is 502 g/mol. The summed E-state index contributed by atoms with van der Waals surface area (Å²) in [6.07, 6.45) is -4.95. The van der Waals surface area contributed by atoms with Gasteiger partial charge >= 0.3 is 6.18 Å². The number of hydrogen-bond donors (Lipinski definition) is 2. The van der Waals surface area contributed by atoms with Gasteiger partial charge in [-0.25, -0.2) is 18.3 Å². The summed E-state index contributed by atoms with van der Waals surface area (Å²) in [5, 5.41) is 9.06. The van der Waals surface area contributed by atoms with Gasteiger partial charge in [0.2, 0.25) is 11.9 Å². The molecule has 0 aliphatic heterocycles. The Bertz CT molecular complexity index is 1610. The first-order valence-electron chi connectivity index (χ1n) is 10.2. The molecule has 2 aromatic carbocycles. The van der Waals surface area contributed by atoms with Crippen LogP contribution in [-0.4, -0.2) is 26.1 Å². The number of nitrogens with two attached hydrogens (primary N) is 2. The minimum atomic E-state index is -4.95. The number of nitrogens with zero attached hydrogens (tertiary/aromatic N) is 6. The molecule has 4 rings (SSSR count). The Hall–Kier alpha value is -4.80. The summed E-state index contributed by atoms with van der Waals surface area (Å²) in [5.74, 6) is -3.55. The van der Waals surface area contributed by atoms with Crippen molar-refractivity contribution in [2.45, 2.75) is 13.1 Å². The molecule has 0 atom stereocenters. The average molecular weight is 502 g/mol. The van der Waals surface area contributed by atoms with Gasteiger partial charge < -0.3 is 11.5 Å². The van der Waals surface area contributed by atoms with E-state index in [0.29, 0.717) is 16.7 Å². The Kier molecular flexibility index (Phi) is 5.92. The van der Waals surface area contributed by atoms with Gasteiger partial charge in [-0.15, -0.1) is 0 Å². The van der Waals surface area contributed by atoms with E-state index in [0.717, 1.165) is 11.0 Å². The average Bonchev–Trinajstić information content (AvgIpc) is 2.78. The number of hydrogen-bond acceptors (Lipinski definition) is 8. The normalized spacial score (nSPS) is 11.5. The first kappa shape index (κ1) is 24.3. The number of nitrogen functional groups attached to an aromatic ring is 2. The number of nitriles is 1. The van der Waals surface area contributed by atoms with E-state index >= 15 is 0 Å². The van der Waals surface area contributed by atoms with E-state index in [4.69, 9.17) is 11.5 Å². The van der Waals surface area contributed by atoms with Crippen LogP contribution in [0, 0.1) is 23.0 Å². The van der Waals surface area contributed by atoms with Crippen LogP contribution in [0.15, 0.2) is 41.2 Å². The molecule has 0 unspecified atom stereocenters. The molecule has 184 valence electrons.